The summed E-state index contributed by atoms with van der Waals surface area (Å²) in [5.41, 5.74) is 1.79. The maximum absolute atomic E-state index is 12.5. The fourth-order valence-electron chi connectivity index (χ4n) is 2.30. The van der Waals surface area contributed by atoms with Gasteiger partial charge in [-0.05, 0) is 24.1 Å². The molecule has 2 aromatic rings. The van der Waals surface area contributed by atoms with Crippen molar-refractivity contribution in [3.05, 3.63) is 54.1 Å². The van der Waals surface area contributed by atoms with E-state index in [0.717, 1.165) is 5.56 Å². The third kappa shape index (κ3) is 4.66. The number of rotatable bonds is 7. The van der Waals surface area contributed by atoms with Crippen LogP contribution in [0.5, 0.6) is 11.5 Å². The highest BCUT2D eigenvalue weighted by Gasteiger charge is 2.18. The normalized spacial score (nSPS) is 11.6. The molecule has 0 spiro atoms. The van der Waals surface area contributed by atoms with Crippen LogP contribution in [0.15, 0.2) is 48.5 Å². The Morgan fingerprint density at radius 2 is 1.78 bits per heavy atom. The largest absolute Gasteiger partial charge is 0.493 e. The van der Waals surface area contributed by atoms with Crippen molar-refractivity contribution in [3.63, 3.8) is 0 Å². The topological polar surface area (TPSA) is 47.6 Å². The fourth-order valence-corrected chi connectivity index (χ4v) is 2.59. The van der Waals surface area contributed by atoms with E-state index in [9.17, 15) is 4.79 Å². The van der Waals surface area contributed by atoms with Crippen LogP contribution < -0.4 is 14.8 Å². The fraction of sp³-hybridized carbons (Fsp3) is 0.278. The molecule has 0 saturated heterocycles. The van der Waals surface area contributed by atoms with Gasteiger partial charge in [0.25, 0.3) is 0 Å². The molecule has 2 rings (SSSR count). The molecule has 0 aromatic heterocycles. The van der Waals surface area contributed by atoms with Crippen LogP contribution in [-0.2, 0) is 11.2 Å². The molecule has 1 atom stereocenters. The SMILES string of the molecule is COc1ccc(NC(=O)C(CS)Cc2ccccc2)cc1OC. The van der Waals surface area contributed by atoms with Gasteiger partial charge in [0.1, 0.15) is 0 Å². The molecule has 1 unspecified atom stereocenters. The Hall–Kier alpha value is -2.14. The number of carbonyl (C=O) groups is 1. The van der Waals surface area contributed by atoms with Gasteiger partial charge < -0.3 is 14.8 Å². The van der Waals surface area contributed by atoms with Crippen molar-refractivity contribution in [2.24, 2.45) is 5.92 Å². The molecule has 0 aliphatic heterocycles. The minimum atomic E-state index is -0.200. The van der Waals surface area contributed by atoms with Gasteiger partial charge in [-0.2, -0.15) is 12.6 Å². The molecule has 2 aromatic carbocycles. The predicted molar refractivity (Wildman–Crippen MR) is 95.7 cm³/mol. The first kappa shape index (κ1) is 17.2. The lowest BCUT2D eigenvalue weighted by atomic mass is 10.00. The van der Waals surface area contributed by atoms with Gasteiger partial charge in [0.2, 0.25) is 5.91 Å². The predicted octanol–water partition coefficient (Wildman–Crippen LogP) is 3.43. The molecule has 122 valence electrons. The second-order valence-electron chi connectivity index (χ2n) is 5.13. The second-order valence-corrected chi connectivity index (χ2v) is 5.49. The van der Waals surface area contributed by atoms with Crippen LogP contribution in [0.1, 0.15) is 5.56 Å². The van der Waals surface area contributed by atoms with E-state index in [1.807, 2.05) is 30.3 Å². The van der Waals surface area contributed by atoms with Gasteiger partial charge >= 0.3 is 0 Å². The first-order valence-electron chi connectivity index (χ1n) is 7.35. The molecular formula is C18H21NO3S. The lowest BCUT2D eigenvalue weighted by Gasteiger charge is -2.16. The van der Waals surface area contributed by atoms with Crippen molar-refractivity contribution in [1.29, 1.82) is 0 Å². The summed E-state index contributed by atoms with van der Waals surface area (Å²) in [5.74, 6) is 1.43. The first-order chi connectivity index (χ1) is 11.2. The minimum Gasteiger partial charge on any atom is -0.493 e. The summed E-state index contributed by atoms with van der Waals surface area (Å²) >= 11 is 4.32. The van der Waals surface area contributed by atoms with Crippen molar-refractivity contribution in [3.8, 4) is 11.5 Å². The molecule has 23 heavy (non-hydrogen) atoms. The van der Waals surface area contributed by atoms with Crippen molar-refractivity contribution < 1.29 is 14.3 Å². The van der Waals surface area contributed by atoms with E-state index >= 15 is 0 Å². The second kappa shape index (κ2) is 8.48. The molecule has 0 fully saturated rings. The van der Waals surface area contributed by atoms with Gasteiger partial charge in [0.05, 0.1) is 20.1 Å². The number of benzene rings is 2. The highest BCUT2D eigenvalue weighted by molar-refractivity contribution is 7.80. The average molecular weight is 331 g/mol. The molecule has 5 heteroatoms. The zero-order valence-corrected chi connectivity index (χ0v) is 14.2. The van der Waals surface area contributed by atoms with Crippen LogP contribution in [0.25, 0.3) is 0 Å². The van der Waals surface area contributed by atoms with Gasteiger partial charge in [-0.3, -0.25) is 4.79 Å². The first-order valence-corrected chi connectivity index (χ1v) is 7.98. The summed E-state index contributed by atoms with van der Waals surface area (Å²) in [6.07, 6.45) is 0.656. The molecule has 1 N–H and O–H groups in total. The van der Waals surface area contributed by atoms with Crippen LogP contribution in [0, 0.1) is 5.92 Å². The summed E-state index contributed by atoms with van der Waals surface area (Å²) in [6.45, 7) is 0. The standard InChI is InChI=1S/C18H21NO3S/c1-21-16-9-8-15(11-17(16)22-2)19-18(20)14(12-23)10-13-6-4-3-5-7-13/h3-9,11,14,23H,10,12H2,1-2H3,(H,19,20). The van der Waals surface area contributed by atoms with Gasteiger partial charge in [-0.15, -0.1) is 0 Å². The number of hydrogen-bond donors (Lipinski definition) is 2. The van der Waals surface area contributed by atoms with E-state index in [4.69, 9.17) is 9.47 Å². The number of ether oxygens (including phenoxy) is 2. The molecule has 4 nitrogen and oxygen atoms in total. The highest BCUT2D eigenvalue weighted by Crippen LogP contribution is 2.30. The number of thiol groups is 1. The van der Waals surface area contributed by atoms with Gasteiger partial charge in [-0.1, -0.05) is 30.3 Å². The van der Waals surface area contributed by atoms with E-state index in [1.165, 1.54) is 0 Å². The Morgan fingerprint density at radius 1 is 1.09 bits per heavy atom. The van der Waals surface area contributed by atoms with E-state index in [2.05, 4.69) is 17.9 Å². The van der Waals surface area contributed by atoms with Crippen molar-refractivity contribution in [2.75, 3.05) is 25.3 Å². The summed E-state index contributed by atoms with van der Waals surface area (Å²) in [4.78, 5) is 12.5. The highest BCUT2D eigenvalue weighted by atomic mass is 32.1. The zero-order chi connectivity index (χ0) is 16.7. The molecular weight excluding hydrogens is 310 g/mol. The van der Waals surface area contributed by atoms with Crippen molar-refractivity contribution >= 4 is 24.2 Å². The maximum Gasteiger partial charge on any atom is 0.228 e. The van der Waals surface area contributed by atoms with E-state index in [0.29, 0.717) is 29.4 Å². The third-order valence-electron chi connectivity index (χ3n) is 3.57. The number of methoxy groups -OCH3 is 2. The van der Waals surface area contributed by atoms with E-state index in [1.54, 1.807) is 32.4 Å². The van der Waals surface area contributed by atoms with Gasteiger partial charge in [-0.25, -0.2) is 0 Å². The Labute approximate surface area is 142 Å². The number of carbonyl (C=O) groups excluding carboxylic acids is 1. The summed E-state index contributed by atoms with van der Waals surface area (Å²) in [5, 5.41) is 2.92. The molecule has 0 bridgehead atoms. The van der Waals surface area contributed by atoms with Crippen LogP contribution in [0.2, 0.25) is 0 Å². The third-order valence-corrected chi connectivity index (χ3v) is 4.01. The summed E-state index contributed by atoms with van der Waals surface area (Å²) < 4.78 is 10.4. The van der Waals surface area contributed by atoms with Crippen LogP contribution >= 0.6 is 12.6 Å². The smallest absolute Gasteiger partial charge is 0.228 e. The Balaban J connectivity index is 2.07. The number of anilines is 1. The number of hydrogen-bond acceptors (Lipinski definition) is 4. The molecule has 0 radical (unpaired) electrons. The lowest BCUT2D eigenvalue weighted by molar-refractivity contribution is -0.119. The van der Waals surface area contributed by atoms with E-state index in [-0.39, 0.29) is 11.8 Å². The summed E-state index contributed by atoms with van der Waals surface area (Å²) in [6, 6.07) is 15.2. The average Bonchev–Trinajstić information content (AvgIpc) is 2.60. The van der Waals surface area contributed by atoms with Crippen LogP contribution in [-0.4, -0.2) is 25.9 Å². The molecule has 0 saturated carbocycles. The molecule has 1 amide bonds. The maximum atomic E-state index is 12.5. The monoisotopic (exact) mass is 331 g/mol. The van der Waals surface area contributed by atoms with Crippen molar-refractivity contribution in [1.82, 2.24) is 0 Å². The Kier molecular flexibility index (Phi) is 6.35. The zero-order valence-electron chi connectivity index (χ0n) is 13.3. The molecule has 0 aliphatic rings. The van der Waals surface area contributed by atoms with Crippen LogP contribution in [0.4, 0.5) is 5.69 Å². The number of amides is 1. The Bertz CT molecular complexity index is 646. The molecule has 0 aliphatic carbocycles. The van der Waals surface area contributed by atoms with Crippen LogP contribution in [0.3, 0.4) is 0 Å². The lowest BCUT2D eigenvalue weighted by Crippen LogP contribution is -2.26. The minimum absolute atomic E-state index is 0.0592. The summed E-state index contributed by atoms with van der Waals surface area (Å²) in [7, 11) is 3.14. The molecule has 0 heterocycles. The quantitative estimate of drug-likeness (QED) is 0.764. The van der Waals surface area contributed by atoms with Crippen molar-refractivity contribution in [2.45, 2.75) is 6.42 Å². The van der Waals surface area contributed by atoms with Gasteiger partial charge in [0, 0.05) is 17.5 Å². The number of nitrogens with one attached hydrogen (secondary N) is 1. The van der Waals surface area contributed by atoms with E-state index < -0.39 is 0 Å². The Morgan fingerprint density at radius 3 is 2.39 bits per heavy atom. The van der Waals surface area contributed by atoms with Gasteiger partial charge in [0.15, 0.2) is 11.5 Å².